The van der Waals surface area contributed by atoms with E-state index in [0.717, 1.165) is 21.0 Å². The first kappa shape index (κ1) is 19.3. The number of hydrogen-bond donors (Lipinski definition) is 0. The van der Waals surface area contributed by atoms with Crippen LogP contribution in [0.5, 0.6) is 0 Å². The first-order valence-corrected chi connectivity index (χ1v) is 11.2. The van der Waals surface area contributed by atoms with Gasteiger partial charge in [-0.1, -0.05) is 36.4 Å². The Morgan fingerprint density at radius 3 is 2.62 bits per heavy atom. The van der Waals surface area contributed by atoms with Crippen LogP contribution in [0.3, 0.4) is 0 Å². The van der Waals surface area contributed by atoms with E-state index in [-0.39, 0.29) is 35.6 Å². The van der Waals surface area contributed by atoms with Crippen LogP contribution in [0.1, 0.15) is 6.42 Å². The van der Waals surface area contributed by atoms with Crippen LogP contribution >= 0.6 is 0 Å². The van der Waals surface area contributed by atoms with Crippen molar-refractivity contribution in [1.82, 2.24) is 14.7 Å². The number of carbonyl (C=O) groups excluding carboxylic acids is 1. The molecule has 0 N–H and O–H groups in total. The summed E-state index contributed by atoms with van der Waals surface area (Å²) in [4.78, 5) is 26.3. The molecule has 0 saturated carbocycles. The van der Waals surface area contributed by atoms with Gasteiger partial charge in [0.25, 0.3) is 5.56 Å². The molecule has 3 aromatic rings. The third-order valence-electron chi connectivity index (χ3n) is 5.35. The van der Waals surface area contributed by atoms with E-state index in [4.69, 9.17) is 0 Å². The zero-order chi connectivity index (χ0) is 20.6. The number of likely N-dealkylation sites (N-methyl/N-ethyl adjacent to an activating group) is 1. The molecule has 1 atom stereocenters. The summed E-state index contributed by atoms with van der Waals surface area (Å²) in [5.74, 6) is -0.281. The monoisotopic (exact) mass is 411 g/mol. The largest absolute Gasteiger partial charge is 0.340 e. The van der Waals surface area contributed by atoms with Crippen LogP contribution in [0.4, 0.5) is 0 Å². The molecular formula is C21H21N3O4S. The normalized spacial score (nSPS) is 18.0. The summed E-state index contributed by atoms with van der Waals surface area (Å²) >= 11 is 0. The van der Waals surface area contributed by atoms with Crippen LogP contribution in [0.15, 0.2) is 59.4 Å². The molecule has 7 nitrogen and oxygen atoms in total. The molecule has 2 heterocycles. The maximum atomic E-state index is 12.6. The SMILES string of the molecule is CN(C(=O)Cn1nc(-c2ccc3ccccc3c2)ccc1=O)C1CCS(=O)(=O)C1. The molecule has 150 valence electrons. The summed E-state index contributed by atoms with van der Waals surface area (Å²) in [5, 5.41) is 6.53. The maximum absolute atomic E-state index is 12.6. The summed E-state index contributed by atoms with van der Waals surface area (Å²) in [5.41, 5.74) is 1.06. The first-order chi connectivity index (χ1) is 13.8. The highest BCUT2D eigenvalue weighted by Crippen LogP contribution is 2.22. The smallest absolute Gasteiger partial charge is 0.267 e. The third kappa shape index (κ3) is 4.07. The Morgan fingerprint density at radius 1 is 1.14 bits per heavy atom. The number of hydrogen-bond acceptors (Lipinski definition) is 5. The van der Waals surface area contributed by atoms with E-state index < -0.39 is 9.84 Å². The Hall–Kier alpha value is -3.00. The number of benzene rings is 2. The van der Waals surface area contributed by atoms with E-state index in [1.165, 1.54) is 11.0 Å². The Kier molecular flexibility index (Phi) is 4.96. The topological polar surface area (TPSA) is 89.3 Å². The Labute approximate surface area is 168 Å². The van der Waals surface area contributed by atoms with Gasteiger partial charge in [0.2, 0.25) is 5.91 Å². The van der Waals surface area contributed by atoms with Gasteiger partial charge in [-0.2, -0.15) is 5.10 Å². The van der Waals surface area contributed by atoms with E-state index in [9.17, 15) is 18.0 Å². The van der Waals surface area contributed by atoms with Gasteiger partial charge in [0.15, 0.2) is 9.84 Å². The fraction of sp³-hybridized carbons (Fsp3) is 0.286. The lowest BCUT2D eigenvalue weighted by molar-refractivity contribution is -0.132. The lowest BCUT2D eigenvalue weighted by Crippen LogP contribution is -2.41. The van der Waals surface area contributed by atoms with Crippen LogP contribution in [-0.2, 0) is 21.2 Å². The average Bonchev–Trinajstić information content (AvgIpc) is 3.08. The second-order valence-corrected chi connectivity index (χ2v) is 9.57. The minimum absolute atomic E-state index is 0.0330. The van der Waals surface area contributed by atoms with E-state index in [1.807, 2.05) is 42.5 Å². The van der Waals surface area contributed by atoms with Crippen molar-refractivity contribution in [3.8, 4) is 11.3 Å². The molecule has 0 spiro atoms. The van der Waals surface area contributed by atoms with Gasteiger partial charge in [0.05, 0.1) is 17.2 Å². The van der Waals surface area contributed by atoms with Gasteiger partial charge >= 0.3 is 0 Å². The zero-order valence-electron chi connectivity index (χ0n) is 16.0. The summed E-state index contributed by atoms with van der Waals surface area (Å²) < 4.78 is 24.5. The lowest BCUT2D eigenvalue weighted by Gasteiger charge is -2.23. The van der Waals surface area contributed by atoms with Crippen molar-refractivity contribution in [2.45, 2.75) is 19.0 Å². The minimum Gasteiger partial charge on any atom is -0.340 e. The number of rotatable bonds is 4. The molecule has 29 heavy (non-hydrogen) atoms. The molecule has 1 fully saturated rings. The quantitative estimate of drug-likeness (QED) is 0.652. The van der Waals surface area contributed by atoms with E-state index in [2.05, 4.69) is 5.10 Å². The first-order valence-electron chi connectivity index (χ1n) is 9.36. The fourth-order valence-electron chi connectivity index (χ4n) is 3.59. The number of aromatic nitrogens is 2. The van der Waals surface area contributed by atoms with Crippen molar-refractivity contribution in [3.63, 3.8) is 0 Å². The molecule has 2 aromatic carbocycles. The van der Waals surface area contributed by atoms with E-state index in [0.29, 0.717) is 12.1 Å². The highest BCUT2D eigenvalue weighted by Gasteiger charge is 2.32. The number of nitrogens with zero attached hydrogens (tertiary/aromatic N) is 3. The number of amides is 1. The number of sulfone groups is 1. The van der Waals surface area contributed by atoms with Crippen molar-refractivity contribution in [2.75, 3.05) is 18.6 Å². The van der Waals surface area contributed by atoms with Crippen molar-refractivity contribution < 1.29 is 13.2 Å². The summed E-state index contributed by atoms with van der Waals surface area (Å²) in [6.07, 6.45) is 0.421. The standard InChI is InChI=1S/C21H21N3O4S/c1-23(18-10-11-29(27,28)14-18)21(26)13-24-20(25)9-8-19(22-24)17-7-6-15-4-2-3-5-16(15)12-17/h2-9,12,18H,10-11,13-14H2,1H3. The van der Waals surface area contributed by atoms with Crippen LogP contribution in [0.25, 0.3) is 22.0 Å². The van der Waals surface area contributed by atoms with Gasteiger partial charge in [-0.15, -0.1) is 0 Å². The van der Waals surface area contributed by atoms with Crippen LogP contribution in [-0.4, -0.2) is 53.6 Å². The van der Waals surface area contributed by atoms with Gasteiger partial charge in [-0.3, -0.25) is 9.59 Å². The zero-order valence-corrected chi connectivity index (χ0v) is 16.8. The van der Waals surface area contributed by atoms with Crippen molar-refractivity contribution >= 4 is 26.5 Å². The van der Waals surface area contributed by atoms with Crippen molar-refractivity contribution in [3.05, 3.63) is 65.0 Å². The molecule has 1 saturated heterocycles. The lowest BCUT2D eigenvalue weighted by atomic mass is 10.1. The van der Waals surface area contributed by atoms with Crippen LogP contribution in [0, 0.1) is 0 Å². The average molecular weight is 411 g/mol. The molecule has 8 heteroatoms. The van der Waals surface area contributed by atoms with Crippen molar-refractivity contribution in [1.29, 1.82) is 0 Å². The minimum atomic E-state index is -3.09. The molecule has 1 aliphatic heterocycles. The fourth-order valence-corrected chi connectivity index (χ4v) is 5.36. The maximum Gasteiger partial charge on any atom is 0.267 e. The molecule has 1 unspecified atom stereocenters. The van der Waals surface area contributed by atoms with Crippen molar-refractivity contribution in [2.24, 2.45) is 0 Å². The Balaban J connectivity index is 1.58. The predicted octanol–water partition coefficient (Wildman–Crippen LogP) is 1.71. The Bertz CT molecular complexity index is 1250. The highest BCUT2D eigenvalue weighted by molar-refractivity contribution is 7.91. The molecule has 0 aliphatic carbocycles. The van der Waals surface area contributed by atoms with Gasteiger partial charge in [0.1, 0.15) is 6.54 Å². The number of carbonyl (C=O) groups is 1. The molecule has 1 aliphatic rings. The third-order valence-corrected chi connectivity index (χ3v) is 7.10. The van der Waals surface area contributed by atoms with Crippen LogP contribution in [0.2, 0.25) is 0 Å². The summed E-state index contributed by atoms with van der Waals surface area (Å²) in [7, 11) is -1.52. The second kappa shape index (κ2) is 7.44. The van der Waals surface area contributed by atoms with Gasteiger partial charge in [-0.25, -0.2) is 13.1 Å². The summed E-state index contributed by atoms with van der Waals surface area (Å²) in [6, 6.07) is 16.5. The second-order valence-electron chi connectivity index (χ2n) is 7.34. The van der Waals surface area contributed by atoms with Gasteiger partial charge < -0.3 is 4.90 Å². The van der Waals surface area contributed by atoms with E-state index in [1.54, 1.807) is 13.1 Å². The van der Waals surface area contributed by atoms with E-state index >= 15 is 0 Å². The predicted molar refractivity (Wildman–Crippen MR) is 111 cm³/mol. The molecule has 0 bridgehead atoms. The van der Waals surface area contributed by atoms with Gasteiger partial charge in [-0.05, 0) is 29.3 Å². The van der Waals surface area contributed by atoms with Gasteiger partial charge in [0, 0.05) is 24.7 Å². The molecule has 1 amide bonds. The highest BCUT2D eigenvalue weighted by atomic mass is 32.2. The number of fused-ring (bicyclic) bond motifs is 1. The van der Waals surface area contributed by atoms with Crippen LogP contribution < -0.4 is 5.56 Å². The molecule has 0 radical (unpaired) electrons. The Morgan fingerprint density at radius 2 is 1.90 bits per heavy atom. The summed E-state index contributed by atoms with van der Waals surface area (Å²) in [6.45, 7) is -0.229. The molecular weight excluding hydrogens is 390 g/mol. The molecule has 4 rings (SSSR count). The molecule has 1 aromatic heterocycles.